The van der Waals surface area contributed by atoms with Crippen molar-refractivity contribution in [2.75, 3.05) is 5.73 Å². The molecule has 0 aliphatic rings. The molecular weight excluding hydrogens is 272 g/mol. The van der Waals surface area contributed by atoms with Gasteiger partial charge in [0.2, 0.25) is 5.82 Å². The molecule has 6 heteroatoms. The normalized spacial score (nSPS) is 10.9. The van der Waals surface area contributed by atoms with Crippen molar-refractivity contribution in [2.24, 2.45) is 0 Å². The summed E-state index contributed by atoms with van der Waals surface area (Å²) in [5.41, 5.74) is 9.58. The summed E-state index contributed by atoms with van der Waals surface area (Å²) in [7, 11) is 0. The van der Waals surface area contributed by atoms with Crippen molar-refractivity contribution in [3.63, 3.8) is 0 Å². The lowest BCUT2D eigenvalue weighted by atomic mass is 10.1. The number of aromatic nitrogens is 3. The first kappa shape index (κ1) is 12.8. The third-order valence-electron chi connectivity index (χ3n) is 3.13. The second-order valence-electron chi connectivity index (χ2n) is 4.45. The van der Waals surface area contributed by atoms with Gasteiger partial charge < -0.3 is 10.3 Å². The Bertz CT molecular complexity index is 747. The monoisotopic (exact) mass is 286 g/mol. The van der Waals surface area contributed by atoms with Crippen LogP contribution in [0.4, 0.5) is 5.69 Å². The highest BCUT2D eigenvalue weighted by Gasteiger charge is 2.17. The minimum Gasteiger partial charge on any atom is -0.397 e. The van der Waals surface area contributed by atoms with Gasteiger partial charge in [0, 0.05) is 6.20 Å². The van der Waals surface area contributed by atoms with E-state index in [9.17, 15) is 0 Å². The van der Waals surface area contributed by atoms with Gasteiger partial charge >= 0.3 is 0 Å². The summed E-state index contributed by atoms with van der Waals surface area (Å²) in [6, 6.07) is 3.92. The summed E-state index contributed by atoms with van der Waals surface area (Å²) < 4.78 is 5.33. The molecule has 0 saturated heterocycles. The van der Waals surface area contributed by atoms with Crippen LogP contribution in [0.2, 0.25) is 0 Å². The predicted molar refractivity (Wildman–Crippen MR) is 79.4 cm³/mol. The molecule has 3 aromatic rings. The number of hydrogen-bond donors (Lipinski definition) is 1. The maximum atomic E-state index is 6.01. The van der Waals surface area contributed by atoms with Crippen molar-refractivity contribution in [3.8, 4) is 22.3 Å². The standard InChI is InChI=1S/C14H14N4OS/c1-3-9-5-4-6-16-11(9)13-17-14(19-18-13)12-10(15)8(2)7-20-12/h4-7H,3,15H2,1-2H3. The van der Waals surface area contributed by atoms with Crippen molar-refractivity contribution >= 4 is 17.0 Å². The van der Waals surface area contributed by atoms with Crippen molar-refractivity contribution in [3.05, 3.63) is 34.8 Å². The van der Waals surface area contributed by atoms with Crippen LogP contribution >= 0.6 is 11.3 Å². The molecular formula is C14H14N4OS. The summed E-state index contributed by atoms with van der Waals surface area (Å²) >= 11 is 1.51. The average Bonchev–Trinajstić information content (AvgIpc) is 3.07. The summed E-state index contributed by atoms with van der Waals surface area (Å²) in [6.45, 7) is 4.03. The fraction of sp³-hybridized carbons (Fsp3) is 0.214. The van der Waals surface area contributed by atoms with Gasteiger partial charge in [-0.15, -0.1) is 11.3 Å². The van der Waals surface area contributed by atoms with E-state index in [1.54, 1.807) is 6.20 Å². The highest BCUT2D eigenvalue weighted by molar-refractivity contribution is 7.14. The lowest BCUT2D eigenvalue weighted by molar-refractivity contribution is 0.433. The number of hydrogen-bond acceptors (Lipinski definition) is 6. The fourth-order valence-corrected chi connectivity index (χ4v) is 2.85. The minimum absolute atomic E-state index is 0.448. The van der Waals surface area contributed by atoms with Crippen molar-refractivity contribution < 1.29 is 4.52 Å². The number of nitrogen functional groups attached to an aromatic ring is 1. The molecule has 20 heavy (non-hydrogen) atoms. The van der Waals surface area contributed by atoms with E-state index in [-0.39, 0.29) is 0 Å². The van der Waals surface area contributed by atoms with Gasteiger partial charge in [0.1, 0.15) is 10.6 Å². The summed E-state index contributed by atoms with van der Waals surface area (Å²) in [6.07, 6.45) is 2.60. The zero-order chi connectivity index (χ0) is 14.1. The van der Waals surface area contributed by atoms with Crippen molar-refractivity contribution in [1.29, 1.82) is 0 Å². The SMILES string of the molecule is CCc1cccnc1-c1noc(-c2scc(C)c2N)n1. The van der Waals surface area contributed by atoms with Crippen LogP contribution in [-0.2, 0) is 6.42 Å². The molecule has 0 aromatic carbocycles. The number of anilines is 1. The molecule has 3 rings (SSSR count). The number of nitrogens with two attached hydrogens (primary N) is 1. The zero-order valence-corrected chi connectivity index (χ0v) is 12.1. The largest absolute Gasteiger partial charge is 0.397 e. The Morgan fingerprint density at radius 2 is 2.25 bits per heavy atom. The van der Waals surface area contributed by atoms with E-state index < -0.39 is 0 Å². The van der Waals surface area contributed by atoms with E-state index in [0.717, 1.165) is 28.1 Å². The van der Waals surface area contributed by atoms with Gasteiger partial charge in [-0.2, -0.15) is 4.98 Å². The fourth-order valence-electron chi connectivity index (χ4n) is 1.96. The van der Waals surface area contributed by atoms with Gasteiger partial charge in [-0.05, 0) is 35.9 Å². The second-order valence-corrected chi connectivity index (χ2v) is 5.33. The predicted octanol–water partition coefficient (Wildman–Crippen LogP) is 3.31. The molecule has 0 amide bonds. The Hall–Kier alpha value is -2.21. The van der Waals surface area contributed by atoms with Crippen LogP contribution in [0.25, 0.3) is 22.3 Å². The van der Waals surface area contributed by atoms with Crippen LogP contribution in [0.15, 0.2) is 28.2 Å². The molecule has 3 aromatic heterocycles. The Morgan fingerprint density at radius 3 is 2.95 bits per heavy atom. The van der Waals surface area contributed by atoms with E-state index in [2.05, 4.69) is 22.0 Å². The van der Waals surface area contributed by atoms with Gasteiger partial charge in [-0.3, -0.25) is 4.98 Å². The smallest absolute Gasteiger partial charge is 0.270 e. The summed E-state index contributed by atoms with van der Waals surface area (Å²) in [5.74, 6) is 0.950. The maximum absolute atomic E-state index is 6.01. The average molecular weight is 286 g/mol. The lowest BCUT2D eigenvalue weighted by Crippen LogP contribution is -1.92. The molecule has 3 heterocycles. The van der Waals surface area contributed by atoms with Crippen LogP contribution in [-0.4, -0.2) is 15.1 Å². The first-order chi connectivity index (χ1) is 9.70. The third-order valence-corrected chi connectivity index (χ3v) is 4.23. The topological polar surface area (TPSA) is 77.8 Å². The number of rotatable bonds is 3. The first-order valence-electron chi connectivity index (χ1n) is 6.32. The Labute approximate surface area is 120 Å². The minimum atomic E-state index is 0.448. The van der Waals surface area contributed by atoms with Gasteiger partial charge in [0.25, 0.3) is 5.89 Å². The molecule has 0 bridgehead atoms. The van der Waals surface area contributed by atoms with E-state index in [1.165, 1.54) is 11.3 Å². The van der Waals surface area contributed by atoms with Gasteiger partial charge in [-0.25, -0.2) is 0 Å². The highest BCUT2D eigenvalue weighted by Crippen LogP contribution is 2.34. The van der Waals surface area contributed by atoms with E-state index >= 15 is 0 Å². The van der Waals surface area contributed by atoms with Gasteiger partial charge in [0.05, 0.1) is 5.69 Å². The van der Waals surface area contributed by atoms with Crippen LogP contribution in [0.3, 0.4) is 0 Å². The number of nitrogens with zero attached hydrogens (tertiary/aromatic N) is 3. The Balaban J connectivity index is 2.04. The van der Waals surface area contributed by atoms with Crippen LogP contribution in [0.1, 0.15) is 18.1 Å². The van der Waals surface area contributed by atoms with Gasteiger partial charge in [-0.1, -0.05) is 18.1 Å². The lowest BCUT2D eigenvalue weighted by Gasteiger charge is -2.00. The molecule has 0 spiro atoms. The van der Waals surface area contributed by atoms with E-state index in [4.69, 9.17) is 10.3 Å². The van der Waals surface area contributed by atoms with Crippen LogP contribution in [0, 0.1) is 6.92 Å². The summed E-state index contributed by atoms with van der Waals surface area (Å²) in [5, 5.41) is 6.00. The number of thiophene rings is 1. The maximum Gasteiger partial charge on any atom is 0.270 e. The van der Waals surface area contributed by atoms with E-state index in [1.807, 2.05) is 24.4 Å². The molecule has 0 aliphatic carbocycles. The van der Waals surface area contributed by atoms with E-state index in [0.29, 0.717) is 17.4 Å². The van der Waals surface area contributed by atoms with Crippen molar-refractivity contribution in [2.45, 2.75) is 20.3 Å². The third kappa shape index (κ3) is 2.08. The molecule has 5 nitrogen and oxygen atoms in total. The molecule has 0 unspecified atom stereocenters. The molecule has 0 radical (unpaired) electrons. The molecule has 2 N–H and O–H groups in total. The van der Waals surface area contributed by atoms with Crippen LogP contribution < -0.4 is 5.73 Å². The second kappa shape index (κ2) is 5.05. The highest BCUT2D eigenvalue weighted by atomic mass is 32.1. The van der Waals surface area contributed by atoms with Crippen molar-refractivity contribution in [1.82, 2.24) is 15.1 Å². The molecule has 0 atom stereocenters. The zero-order valence-electron chi connectivity index (χ0n) is 11.3. The number of pyridine rings is 1. The molecule has 102 valence electrons. The number of aryl methyl sites for hydroxylation is 2. The quantitative estimate of drug-likeness (QED) is 0.799. The molecule has 0 aliphatic heterocycles. The van der Waals surface area contributed by atoms with Gasteiger partial charge in [0.15, 0.2) is 0 Å². The first-order valence-corrected chi connectivity index (χ1v) is 7.20. The Kier molecular flexibility index (Phi) is 3.23. The summed E-state index contributed by atoms with van der Waals surface area (Å²) in [4.78, 5) is 9.58. The molecule has 0 fully saturated rings. The Morgan fingerprint density at radius 1 is 1.40 bits per heavy atom. The molecule has 0 saturated carbocycles. The van der Waals surface area contributed by atoms with Crippen LogP contribution in [0.5, 0.6) is 0 Å².